The lowest BCUT2D eigenvalue weighted by Crippen LogP contribution is -2.31. The van der Waals surface area contributed by atoms with Crippen LogP contribution < -0.4 is 10.0 Å². The minimum absolute atomic E-state index is 0.0904. The largest absolute Gasteiger partial charge is 0.385 e. The van der Waals surface area contributed by atoms with Crippen molar-refractivity contribution in [1.82, 2.24) is 4.72 Å². The Morgan fingerprint density at radius 3 is 2.82 bits per heavy atom. The van der Waals surface area contributed by atoms with Gasteiger partial charge in [0, 0.05) is 18.3 Å². The molecule has 17 heavy (non-hydrogen) atoms. The lowest BCUT2D eigenvalue weighted by atomic mass is 10.0. The van der Waals surface area contributed by atoms with Gasteiger partial charge in [0.15, 0.2) is 0 Å². The Hall–Kier alpha value is -1.07. The SMILES string of the molecule is CC(C)NS(=O)(=O)c1cccc2c1CCCN2. The zero-order chi connectivity index (χ0) is 12.5. The first-order chi connectivity index (χ1) is 8.00. The quantitative estimate of drug-likeness (QED) is 0.863. The number of anilines is 1. The van der Waals surface area contributed by atoms with Crippen LogP contribution in [0.2, 0.25) is 0 Å². The molecule has 5 heteroatoms. The fourth-order valence-corrected chi connectivity index (χ4v) is 3.64. The molecule has 0 bridgehead atoms. The third-order valence-corrected chi connectivity index (χ3v) is 4.48. The van der Waals surface area contributed by atoms with Crippen molar-refractivity contribution in [1.29, 1.82) is 0 Å². The number of nitrogens with one attached hydrogen (secondary N) is 2. The van der Waals surface area contributed by atoms with Gasteiger partial charge in [-0.2, -0.15) is 0 Å². The van der Waals surface area contributed by atoms with Crippen LogP contribution >= 0.6 is 0 Å². The minimum atomic E-state index is -3.39. The Balaban J connectivity index is 2.45. The van der Waals surface area contributed by atoms with Crippen molar-refractivity contribution in [3.63, 3.8) is 0 Å². The minimum Gasteiger partial charge on any atom is -0.385 e. The number of fused-ring (bicyclic) bond motifs is 1. The van der Waals surface area contributed by atoms with Gasteiger partial charge in [-0.3, -0.25) is 0 Å². The second-order valence-corrected chi connectivity index (χ2v) is 6.27. The molecule has 2 N–H and O–H groups in total. The van der Waals surface area contributed by atoms with Crippen LogP contribution in [-0.2, 0) is 16.4 Å². The van der Waals surface area contributed by atoms with Gasteiger partial charge in [-0.15, -0.1) is 0 Å². The van der Waals surface area contributed by atoms with Crippen molar-refractivity contribution in [2.45, 2.75) is 37.6 Å². The molecule has 1 aliphatic rings. The zero-order valence-corrected chi connectivity index (χ0v) is 11.0. The van der Waals surface area contributed by atoms with E-state index in [2.05, 4.69) is 10.0 Å². The Morgan fingerprint density at radius 2 is 2.12 bits per heavy atom. The summed E-state index contributed by atoms with van der Waals surface area (Å²) in [7, 11) is -3.39. The van der Waals surface area contributed by atoms with Crippen LogP contribution in [0.1, 0.15) is 25.8 Å². The number of benzene rings is 1. The summed E-state index contributed by atoms with van der Waals surface area (Å²) in [4.78, 5) is 0.413. The highest BCUT2D eigenvalue weighted by atomic mass is 32.2. The topological polar surface area (TPSA) is 58.2 Å². The van der Waals surface area contributed by atoms with E-state index in [0.29, 0.717) is 4.90 Å². The summed E-state index contributed by atoms with van der Waals surface area (Å²) in [5, 5.41) is 3.24. The smallest absolute Gasteiger partial charge is 0.241 e. The summed E-state index contributed by atoms with van der Waals surface area (Å²) < 4.78 is 27.0. The van der Waals surface area contributed by atoms with E-state index in [1.54, 1.807) is 12.1 Å². The van der Waals surface area contributed by atoms with Gasteiger partial charge in [0.1, 0.15) is 0 Å². The monoisotopic (exact) mass is 254 g/mol. The first-order valence-electron chi connectivity index (χ1n) is 5.89. The molecule has 1 aromatic rings. The first-order valence-corrected chi connectivity index (χ1v) is 7.37. The van der Waals surface area contributed by atoms with Gasteiger partial charge >= 0.3 is 0 Å². The number of sulfonamides is 1. The van der Waals surface area contributed by atoms with E-state index < -0.39 is 10.0 Å². The molecule has 2 rings (SSSR count). The molecule has 94 valence electrons. The number of hydrogen-bond acceptors (Lipinski definition) is 3. The van der Waals surface area contributed by atoms with Gasteiger partial charge in [0.25, 0.3) is 0 Å². The fourth-order valence-electron chi connectivity index (χ4n) is 2.10. The van der Waals surface area contributed by atoms with Gasteiger partial charge in [0.05, 0.1) is 4.90 Å². The molecule has 0 spiro atoms. The maximum atomic E-state index is 12.2. The molecular formula is C12H18N2O2S. The lowest BCUT2D eigenvalue weighted by molar-refractivity contribution is 0.568. The molecule has 0 unspecified atom stereocenters. The second-order valence-electron chi connectivity index (χ2n) is 4.59. The Labute approximate surface area is 102 Å². The van der Waals surface area contributed by atoms with Crippen LogP contribution in [0.25, 0.3) is 0 Å². The van der Waals surface area contributed by atoms with Crippen LogP contribution in [0.5, 0.6) is 0 Å². The van der Waals surface area contributed by atoms with E-state index in [9.17, 15) is 8.42 Å². The van der Waals surface area contributed by atoms with Gasteiger partial charge in [-0.1, -0.05) is 6.07 Å². The first kappa shape index (κ1) is 12.4. The summed E-state index contributed by atoms with van der Waals surface area (Å²) >= 11 is 0. The predicted octanol–water partition coefficient (Wildman–Crippen LogP) is 1.73. The molecule has 0 fully saturated rings. The summed E-state index contributed by atoms with van der Waals surface area (Å²) in [5.41, 5.74) is 1.86. The van der Waals surface area contributed by atoms with E-state index in [0.717, 1.165) is 30.6 Å². The normalized spacial score (nSPS) is 15.5. The molecule has 0 atom stereocenters. The third-order valence-electron chi connectivity index (χ3n) is 2.73. The molecule has 1 heterocycles. The maximum absolute atomic E-state index is 12.2. The van der Waals surface area contributed by atoms with E-state index in [4.69, 9.17) is 0 Å². The number of rotatable bonds is 3. The fraction of sp³-hybridized carbons (Fsp3) is 0.500. The molecular weight excluding hydrogens is 236 g/mol. The van der Waals surface area contributed by atoms with E-state index in [1.165, 1.54) is 0 Å². The maximum Gasteiger partial charge on any atom is 0.241 e. The van der Waals surface area contributed by atoms with Crippen LogP contribution in [0.15, 0.2) is 23.1 Å². The molecule has 0 saturated carbocycles. The summed E-state index contributed by atoms with van der Waals surface area (Å²) in [6, 6.07) is 5.30. The van der Waals surface area contributed by atoms with E-state index in [1.807, 2.05) is 19.9 Å². The Bertz CT molecular complexity index is 509. The van der Waals surface area contributed by atoms with Crippen molar-refractivity contribution in [2.24, 2.45) is 0 Å². The third kappa shape index (κ3) is 2.61. The predicted molar refractivity (Wildman–Crippen MR) is 68.7 cm³/mol. The Morgan fingerprint density at radius 1 is 1.35 bits per heavy atom. The van der Waals surface area contributed by atoms with Crippen LogP contribution in [0.4, 0.5) is 5.69 Å². The van der Waals surface area contributed by atoms with Crippen LogP contribution in [-0.4, -0.2) is 21.0 Å². The van der Waals surface area contributed by atoms with Crippen LogP contribution in [0.3, 0.4) is 0 Å². The highest BCUT2D eigenvalue weighted by Crippen LogP contribution is 2.28. The molecule has 0 radical (unpaired) electrons. The highest BCUT2D eigenvalue weighted by Gasteiger charge is 2.22. The molecule has 0 amide bonds. The average molecular weight is 254 g/mol. The summed E-state index contributed by atoms with van der Waals surface area (Å²) in [6.07, 6.45) is 1.79. The second kappa shape index (κ2) is 4.66. The van der Waals surface area contributed by atoms with E-state index >= 15 is 0 Å². The van der Waals surface area contributed by atoms with Crippen molar-refractivity contribution in [3.05, 3.63) is 23.8 Å². The lowest BCUT2D eigenvalue weighted by Gasteiger charge is -2.21. The van der Waals surface area contributed by atoms with E-state index in [-0.39, 0.29) is 6.04 Å². The molecule has 0 saturated heterocycles. The van der Waals surface area contributed by atoms with Crippen LogP contribution in [0, 0.1) is 0 Å². The molecule has 0 aliphatic carbocycles. The zero-order valence-electron chi connectivity index (χ0n) is 10.2. The van der Waals surface area contributed by atoms with Gasteiger partial charge < -0.3 is 5.32 Å². The highest BCUT2D eigenvalue weighted by molar-refractivity contribution is 7.89. The number of hydrogen-bond donors (Lipinski definition) is 2. The van der Waals surface area contributed by atoms with Crippen molar-refractivity contribution in [2.75, 3.05) is 11.9 Å². The molecule has 1 aromatic carbocycles. The molecule has 0 aromatic heterocycles. The van der Waals surface area contributed by atoms with Crippen molar-refractivity contribution in [3.8, 4) is 0 Å². The summed E-state index contributed by atoms with van der Waals surface area (Å²) in [5.74, 6) is 0. The van der Waals surface area contributed by atoms with Crippen molar-refractivity contribution < 1.29 is 8.42 Å². The Kier molecular flexibility index (Phi) is 3.40. The summed E-state index contributed by atoms with van der Waals surface area (Å²) in [6.45, 7) is 4.56. The van der Waals surface area contributed by atoms with Gasteiger partial charge in [-0.05, 0) is 44.4 Å². The standard InChI is InChI=1S/C12H18N2O2S/c1-9(2)14-17(15,16)12-7-3-6-11-10(12)5-4-8-13-11/h3,6-7,9,13-14H,4-5,8H2,1-2H3. The van der Waals surface area contributed by atoms with Gasteiger partial charge in [-0.25, -0.2) is 13.1 Å². The average Bonchev–Trinajstić information content (AvgIpc) is 2.26. The van der Waals surface area contributed by atoms with Crippen molar-refractivity contribution >= 4 is 15.7 Å². The molecule has 1 aliphatic heterocycles. The molecule has 4 nitrogen and oxygen atoms in total. The van der Waals surface area contributed by atoms with Gasteiger partial charge in [0.2, 0.25) is 10.0 Å².